The predicted molar refractivity (Wildman–Crippen MR) is 63.7 cm³/mol. The van der Waals surface area contributed by atoms with Crippen molar-refractivity contribution in [3.05, 3.63) is 18.0 Å². The average molecular weight is 275 g/mol. The van der Waals surface area contributed by atoms with Gasteiger partial charge in [-0.2, -0.15) is 13.2 Å². The zero-order valence-corrected chi connectivity index (χ0v) is 10.4. The van der Waals surface area contributed by atoms with E-state index in [0.717, 1.165) is 37.9 Å². The van der Waals surface area contributed by atoms with E-state index in [4.69, 9.17) is 0 Å². The molecule has 1 fully saturated rings. The first-order valence-corrected chi connectivity index (χ1v) is 6.30. The Morgan fingerprint density at radius 1 is 1.32 bits per heavy atom. The maximum atomic E-state index is 12.6. The van der Waals surface area contributed by atoms with E-state index in [1.807, 2.05) is 0 Å². The summed E-state index contributed by atoms with van der Waals surface area (Å²) in [5, 5.41) is 9.36. The Morgan fingerprint density at radius 3 is 2.79 bits per heavy atom. The lowest BCUT2D eigenvalue weighted by Crippen LogP contribution is -2.39. The number of halogens is 3. The van der Waals surface area contributed by atoms with E-state index in [1.165, 1.54) is 0 Å². The average Bonchev–Trinajstić information content (AvgIpc) is 2.62. The smallest absolute Gasteiger partial charge is 0.394 e. The van der Waals surface area contributed by atoms with Gasteiger partial charge in [0.15, 0.2) is 0 Å². The Morgan fingerprint density at radius 2 is 2.11 bits per heavy atom. The van der Waals surface area contributed by atoms with Crippen LogP contribution in [0.3, 0.4) is 0 Å². The summed E-state index contributed by atoms with van der Waals surface area (Å²) < 4.78 is 37.9. The van der Waals surface area contributed by atoms with Crippen LogP contribution in [0.15, 0.2) is 12.3 Å². The van der Waals surface area contributed by atoms with Gasteiger partial charge < -0.3 is 10.0 Å². The van der Waals surface area contributed by atoms with Crippen molar-refractivity contribution in [2.45, 2.75) is 37.9 Å². The summed E-state index contributed by atoms with van der Waals surface area (Å²) in [5.41, 5.74) is -0.946. The lowest BCUT2D eigenvalue weighted by molar-refractivity contribution is -0.141. The molecule has 1 N–H and O–H groups in total. The number of anilines is 1. The molecule has 19 heavy (non-hydrogen) atoms. The molecule has 0 aromatic carbocycles. The quantitative estimate of drug-likeness (QED) is 0.899. The van der Waals surface area contributed by atoms with Crippen molar-refractivity contribution >= 4 is 5.95 Å². The second kappa shape index (κ2) is 5.73. The number of hydrogen-bond donors (Lipinski definition) is 1. The molecule has 7 heteroatoms. The van der Waals surface area contributed by atoms with Gasteiger partial charge in [-0.05, 0) is 18.9 Å². The van der Waals surface area contributed by atoms with Crippen LogP contribution in [0.25, 0.3) is 0 Å². The van der Waals surface area contributed by atoms with E-state index >= 15 is 0 Å². The van der Waals surface area contributed by atoms with Gasteiger partial charge in [0.2, 0.25) is 5.95 Å². The van der Waals surface area contributed by atoms with Crippen LogP contribution in [0.1, 0.15) is 31.4 Å². The van der Waals surface area contributed by atoms with Gasteiger partial charge in [-0.15, -0.1) is 0 Å². The summed E-state index contributed by atoms with van der Waals surface area (Å²) in [6.07, 6.45) is 0.224. The van der Waals surface area contributed by atoms with E-state index in [9.17, 15) is 18.3 Å². The molecule has 1 aromatic heterocycles. The van der Waals surface area contributed by atoms with Crippen LogP contribution < -0.4 is 4.90 Å². The lowest BCUT2D eigenvalue weighted by atomic mass is 10.1. The van der Waals surface area contributed by atoms with Gasteiger partial charge in [0, 0.05) is 12.7 Å². The minimum atomic E-state index is -4.47. The van der Waals surface area contributed by atoms with Gasteiger partial charge in [-0.1, -0.05) is 12.8 Å². The minimum Gasteiger partial charge on any atom is -0.394 e. The number of aromatic nitrogens is 2. The van der Waals surface area contributed by atoms with Crippen molar-refractivity contribution in [2.24, 2.45) is 0 Å². The Labute approximate surface area is 109 Å². The highest BCUT2D eigenvalue weighted by molar-refractivity contribution is 5.33. The minimum absolute atomic E-state index is 0.0516. The van der Waals surface area contributed by atoms with Gasteiger partial charge in [0.25, 0.3) is 0 Å². The second-order valence-electron chi connectivity index (χ2n) is 4.62. The SMILES string of the molecule is OCC1CCCCCN1c1nccc(C(F)(F)F)n1. The molecule has 0 saturated carbocycles. The summed E-state index contributed by atoms with van der Waals surface area (Å²) >= 11 is 0. The first-order chi connectivity index (χ1) is 9.02. The molecule has 0 amide bonds. The lowest BCUT2D eigenvalue weighted by Gasteiger charge is -2.28. The van der Waals surface area contributed by atoms with Gasteiger partial charge in [0.1, 0.15) is 5.69 Å². The second-order valence-corrected chi connectivity index (χ2v) is 4.62. The summed E-state index contributed by atoms with van der Waals surface area (Å²) in [6, 6.07) is 0.654. The Kier molecular flexibility index (Phi) is 4.24. The Hall–Kier alpha value is -1.37. The number of aliphatic hydroxyl groups is 1. The molecule has 1 unspecified atom stereocenters. The molecule has 2 rings (SSSR count). The van der Waals surface area contributed by atoms with E-state index < -0.39 is 11.9 Å². The van der Waals surface area contributed by atoms with Crippen molar-refractivity contribution < 1.29 is 18.3 Å². The van der Waals surface area contributed by atoms with Gasteiger partial charge in [-0.25, -0.2) is 9.97 Å². The first-order valence-electron chi connectivity index (χ1n) is 6.30. The first kappa shape index (κ1) is 14.0. The van der Waals surface area contributed by atoms with Crippen molar-refractivity contribution in [2.75, 3.05) is 18.1 Å². The molecule has 1 aliphatic rings. The molecule has 0 radical (unpaired) electrons. The zero-order valence-electron chi connectivity index (χ0n) is 10.4. The fraction of sp³-hybridized carbons (Fsp3) is 0.667. The molecule has 2 heterocycles. The molecule has 0 aliphatic carbocycles. The third-order valence-corrected chi connectivity index (χ3v) is 3.28. The normalized spacial score (nSPS) is 21.3. The highest BCUT2D eigenvalue weighted by Gasteiger charge is 2.34. The van der Waals surface area contributed by atoms with Gasteiger partial charge in [0.05, 0.1) is 12.6 Å². The number of aliphatic hydroxyl groups excluding tert-OH is 1. The largest absolute Gasteiger partial charge is 0.433 e. The van der Waals surface area contributed by atoms with Gasteiger partial charge in [-0.3, -0.25) is 0 Å². The molecule has 106 valence electrons. The van der Waals surface area contributed by atoms with Crippen molar-refractivity contribution in [1.82, 2.24) is 9.97 Å². The molecule has 1 aliphatic heterocycles. The van der Waals surface area contributed by atoms with Crippen LogP contribution in [-0.4, -0.2) is 34.3 Å². The Balaban J connectivity index is 2.28. The van der Waals surface area contributed by atoms with Crippen LogP contribution in [0, 0.1) is 0 Å². The van der Waals surface area contributed by atoms with Crippen molar-refractivity contribution in [1.29, 1.82) is 0 Å². The van der Waals surface area contributed by atoms with Crippen molar-refractivity contribution in [3.63, 3.8) is 0 Å². The topological polar surface area (TPSA) is 49.2 Å². The predicted octanol–water partition coefficient (Wildman–Crippen LogP) is 2.24. The van der Waals surface area contributed by atoms with Crippen LogP contribution in [0.2, 0.25) is 0 Å². The van der Waals surface area contributed by atoms with Gasteiger partial charge >= 0.3 is 6.18 Å². The monoisotopic (exact) mass is 275 g/mol. The van der Waals surface area contributed by atoms with Crippen LogP contribution in [-0.2, 0) is 6.18 Å². The molecular weight excluding hydrogens is 259 g/mol. The van der Waals surface area contributed by atoms with Crippen molar-refractivity contribution in [3.8, 4) is 0 Å². The van der Waals surface area contributed by atoms with Crippen LogP contribution in [0.4, 0.5) is 19.1 Å². The summed E-state index contributed by atoms with van der Waals surface area (Å²) in [5.74, 6) is 0.0516. The summed E-state index contributed by atoms with van der Waals surface area (Å²) in [6.45, 7) is 0.478. The van der Waals surface area contributed by atoms with Crippen LogP contribution in [0.5, 0.6) is 0 Å². The van der Waals surface area contributed by atoms with E-state index in [1.54, 1.807) is 4.90 Å². The third kappa shape index (κ3) is 3.34. The number of hydrogen-bond acceptors (Lipinski definition) is 4. The molecule has 1 aromatic rings. The Bertz CT molecular complexity index is 425. The maximum absolute atomic E-state index is 12.6. The highest BCUT2D eigenvalue weighted by atomic mass is 19.4. The summed E-state index contributed by atoms with van der Waals surface area (Å²) in [4.78, 5) is 9.19. The zero-order chi connectivity index (χ0) is 13.9. The third-order valence-electron chi connectivity index (χ3n) is 3.28. The van der Waals surface area contributed by atoms with E-state index in [0.29, 0.717) is 6.54 Å². The molecular formula is C12H16F3N3O. The standard InChI is InChI=1S/C12H16F3N3O/c13-12(14,15)10-5-6-16-11(17-10)18-7-3-1-2-4-9(18)8-19/h5-6,9,19H,1-4,7-8H2. The molecule has 1 saturated heterocycles. The fourth-order valence-electron chi connectivity index (χ4n) is 2.28. The maximum Gasteiger partial charge on any atom is 0.433 e. The summed E-state index contributed by atoms with van der Waals surface area (Å²) in [7, 11) is 0. The highest BCUT2D eigenvalue weighted by Crippen LogP contribution is 2.29. The number of nitrogens with zero attached hydrogens (tertiary/aromatic N) is 3. The molecule has 0 spiro atoms. The number of alkyl halides is 3. The number of rotatable bonds is 2. The molecule has 0 bridgehead atoms. The van der Waals surface area contributed by atoms with E-state index in [2.05, 4.69) is 9.97 Å². The van der Waals surface area contributed by atoms with Crippen LogP contribution >= 0.6 is 0 Å². The molecule has 4 nitrogen and oxygen atoms in total. The molecule has 1 atom stereocenters. The van der Waals surface area contributed by atoms with E-state index in [-0.39, 0.29) is 18.6 Å². The fourth-order valence-corrected chi connectivity index (χ4v) is 2.28.